The molecule has 0 radical (unpaired) electrons. The summed E-state index contributed by atoms with van der Waals surface area (Å²) in [4.78, 5) is 4.70. The molecule has 0 amide bonds. The number of aryl methyl sites for hydroxylation is 1. The van der Waals surface area contributed by atoms with Crippen molar-refractivity contribution in [2.75, 3.05) is 0 Å². The van der Waals surface area contributed by atoms with E-state index in [0.717, 1.165) is 72.1 Å². The first-order valence-electron chi connectivity index (χ1n) is 11.2. The van der Waals surface area contributed by atoms with Gasteiger partial charge in [-0.25, -0.2) is 4.52 Å². The van der Waals surface area contributed by atoms with E-state index in [1.807, 2.05) is 27.8 Å². The van der Waals surface area contributed by atoms with Crippen molar-refractivity contribution in [3.8, 4) is 40.7 Å². The standard InChI is InChI=1S/C27H24N6/c1-2-3-4-14-32-19-24(17-30-32)21-9-11-22(12-10-21)25-18-31-33-15-13-29-26(27(25)33)23-7-5-20(16-28)6-8-23/h1,7,9-13,15,17-20H,3-6,8,14H2. The Labute approximate surface area is 193 Å². The van der Waals surface area contributed by atoms with Crippen LogP contribution in [0.25, 0.3) is 33.3 Å². The Bertz CT molecular complexity index is 1390. The predicted molar refractivity (Wildman–Crippen MR) is 129 cm³/mol. The smallest absolute Gasteiger partial charge is 0.0999 e. The second-order valence-corrected chi connectivity index (χ2v) is 8.33. The summed E-state index contributed by atoms with van der Waals surface area (Å²) in [6.07, 6.45) is 21.2. The molecule has 1 unspecified atom stereocenters. The highest BCUT2D eigenvalue weighted by atomic mass is 15.3. The third-order valence-electron chi connectivity index (χ3n) is 6.20. The Hall–Kier alpha value is -4.16. The molecule has 3 aromatic heterocycles. The summed E-state index contributed by atoms with van der Waals surface area (Å²) in [6.45, 7) is 0.825. The molecular formula is C27H24N6. The molecule has 33 heavy (non-hydrogen) atoms. The van der Waals surface area contributed by atoms with Crippen molar-refractivity contribution in [2.45, 2.75) is 38.6 Å². The minimum absolute atomic E-state index is 0.104. The van der Waals surface area contributed by atoms with E-state index in [2.05, 4.69) is 58.7 Å². The number of terminal acetylenes is 1. The molecule has 6 heteroatoms. The number of hydrogen-bond acceptors (Lipinski definition) is 4. The molecule has 5 rings (SSSR count). The highest BCUT2D eigenvalue weighted by Gasteiger charge is 2.20. The van der Waals surface area contributed by atoms with Crippen LogP contribution in [0.5, 0.6) is 0 Å². The van der Waals surface area contributed by atoms with E-state index in [-0.39, 0.29) is 5.92 Å². The highest BCUT2D eigenvalue weighted by molar-refractivity contribution is 5.89. The number of aromatic nitrogens is 5. The Morgan fingerprint density at radius 2 is 1.94 bits per heavy atom. The molecule has 162 valence electrons. The average molecular weight is 433 g/mol. The normalized spacial score (nSPS) is 15.7. The second kappa shape index (κ2) is 9.14. The predicted octanol–water partition coefficient (Wildman–Crippen LogP) is 5.38. The van der Waals surface area contributed by atoms with E-state index < -0.39 is 0 Å². The fraction of sp³-hybridized carbons (Fsp3) is 0.259. The number of rotatable bonds is 6. The second-order valence-electron chi connectivity index (χ2n) is 8.33. The summed E-state index contributed by atoms with van der Waals surface area (Å²) < 4.78 is 3.83. The third-order valence-corrected chi connectivity index (χ3v) is 6.20. The topological polar surface area (TPSA) is 71.8 Å². The van der Waals surface area contributed by atoms with E-state index in [1.165, 1.54) is 5.57 Å². The SMILES string of the molecule is C#CCCCn1cc(-c2ccc(-c3cnn4ccnc(C5=CCC(C#N)CC5)c34)cc2)cn1. The number of nitriles is 1. The van der Waals surface area contributed by atoms with Crippen molar-refractivity contribution >= 4 is 11.1 Å². The minimum Gasteiger partial charge on any atom is -0.272 e. The number of allylic oxidation sites excluding steroid dienone is 2. The minimum atomic E-state index is 0.104. The van der Waals surface area contributed by atoms with Gasteiger partial charge in [0.15, 0.2) is 0 Å². The number of benzene rings is 1. The lowest BCUT2D eigenvalue weighted by molar-refractivity contribution is 0.587. The van der Waals surface area contributed by atoms with Crippen molar-refractivity contribution in [2.24, 2.45) is 5.92 Å². The Balaban J connectivity index is 1.44. The molecule has 0 fully saturated rings. The van der Waals surface area contributed by atoms with Crippen molar-refractivity contribution in [3.05, 3.63) is 67.0 Å². The van der Waals surface area contributed by atoms with Gasteiger partial charge in [0.2, 0.25) is 0 Å². The van der Waals surface area contributed by atoms with Crippen LogP contribution in [0.2, 0.25) is 0 Å². The summed E-state index contributed by atoms with van der Waals surface area (Å²) in [5, 5.41) is 18.2. The van der Waals surface area contributed by atoms with Gasteiger partial charge in [0, 0.05) is 42.7 Å². The summed E-state index contributed by atoms with van der Waals surface area (Å²) in [5.41, 5.74) is 7.52. The summed E-state index contributed by atoms with van der Waals surface area (Å²) in [7, 11) is 0. The quantitative estimate of drug-likeness (QED) is 0.303. The highest BCUT2D eigenvalue weighted by Crippen LogP contribution is 2.35. The van der Waals surface area contributed by atoms with Gasteiger partial charge in [-0.05, 0) is 42.4 Å². The van der Waals surface area contributed by atoms with Gasteiger partial charge < -0.3 is 0 Å². The first-order chi connectivity index (χ1) is 16.3. The molecule has 0 aliphatic heterocycles. The van der Waals surface area contributed by atoms with E-state index in [4.69, 9.17) is 11.4 Å². The molecule has 0 spiro atoms. The van der Waals surface area contributed by atoms with Crippen LogP contribution in [0.1, 0.15) is 37.8 Å². The number of unbranched alkanes of at least 4 members (excludes halogenated alkanes) is 1. The fourth-order valence-electron chi connectivity index (χ4n) is 4.38. The Morgan fingerprint density at radius 1 is 1.09 bits per heavy atom. The Morgan fingerprint density at radius 3 is 2.70 bits per heavy atom. The van der Waals surface area contributed by atoms with Gasteiger partial charge in [0.1, 0.15) is 0 Å². The summed E-state index contributed by atoms with van der Waals surface area (Å²) in [6, 6.07) is 10.9. The maximum atomic E-state index is 9.21. The van der Waals surface area contributed by atoms with Gasteiger partial charge in [-0.1, -0.05) is 30.3 Å². The van der Waals surface area contributed by atoms with Crippen LogP contribution in [-0.4, -0.2) is 24.4 Å². The zero-order valence-electron chi connectivity index (χ0n) is 18.4. The summed E-state index contributed by atoms with van der Waals surface area (Å²) in [5.74, 6) is 2.77. The van der Waals surface area contributed by atoms with E-state index in [0.29, 0.717) is 0 Å². The molecule has 1 aliphatic carbocycles. The zero-order chi connectivity index (χ0) is 22.6. The monoisotopic (exact) mass is 432 g/mol. The van der Waals surface area contributed by atoms with Crippen LogP contribution < -0.4 is 0 Å². The molecule has 0 saturated carbocycles. The van der Waals surface area contributed by atoms with Crippen LogP contribution in [0.15, 0.2) is 61.3 Å². The molecular weight excluding hydrogens is 408 g/mol. The van der Waals surface area contributed by atoms with Crippen LogP contribution >= 0.6 is 0 Å². The van der Waals surface area contributed by atoms with Crippen LogP contribution in [0.3, 0.4) is 0 Å². The van der Waals surface area contributed by atoms with Crippen LogP contribution in [-0.2, 0) is 6.54 Å². The van der Waals surface area contributed by atoms with Gasteiger partial charge in [-0.3, -0.25) is 9.67 Å². The van der Waals surface area contributed by atoms with Crippen LogP contribution in [0, 0.1) is 29.6 Å². The van der Waals surface area contributed by atoms with Gasteiger partial charge in [-0.15, -0.1) is 12.3 Å². The van der Waals surface area contributed by atoms with Gasteiger partial charge in [0.05, 0.1) is 35.6 Å². The first-order valence-corrected chi connectivity index (χ1v) is 11.2. The molecule has 1 aromatic carbocycles. The van der Waals surface area contributed by atoms with Gasteiger partial charge in [-0.2, -0.15) is 15.5 Å². The maximum Gasteiger partial charge on any atom is 0.0999 e. The van der Waals surface area contributed by atoms with E-state index in [9.17, 15) is 5.26 Å². The number of nitrogens with zero attached hydrogens (tertiary/aromatic N) is 6. The molecule has 0 N–H and O–H groups in total. The van der Waals surface area contributed by atoms with Crippen molar-refractivity contribution in [1.29, 1.82) is 5.26 Å². The zero-order valence-corrected chi connectivity index (χ0v) is 18.4. The Kier molecular flexibility index (Phi) is 5.74. The third kappa shape index (κ3) is 4.16. The van der Waals surface area contributed by atoms with Gasteiger partial charge >= 0.3 is 0 Å². The van der Waals surface area contributed by atoms with E-state index in [1.54, 1.807) is 6.20 Å². The summed E-state index contributed by atoms with van der Waals surface area (Å²) >= 11 is 0. The molecule has 6 nitrogen and oxygen atoms in total. The van der Waals surface area contributed by atoms with Crippen molar-refractivity contribution in [1.82, 2.24) is 24.4 Å². The molecule has 0 bridgehead atoms. The molecule has 0 saturated heterocycles. The molecule has 1 atom stereocenters. The van der Waals surface area contributed by atoms with Crippen molar-refractivity contribution < 1.29 is 0 Å². The lowest BCUT2D eigenvalue weighted by Crippen LogP contribution is -2.05. The first kappa shape index (κ1) is 20.7. The number of hydrogen-bond donors (Lipinski definition) is 0. The lowest BCUT2D eigenvalue weighted by atomic mass is 9.88. The average Bonchev–Trinajstić information content (AvgIpc) is 3.52. The maximum absolute atomic E-state index is 9.21. The largest absolute Gasteiger partial charge is 0.272 e. The van der Waals surface area contributed by atoms with E-state index >= 15 is 0 Å². The van der Waals surface area contributed by atoms with Gasteiger partial charge in [0.25, 0.3) is 0 Å². The number of fused-ring (bicyclic) bond motifs is 1. The molecule has 3 heterocycles. The van der Waals surface area contributed by atoms with Crippen LogP contribution in [0.4, 0.5) is 0 Å². The fourth-order valence-corrected chi connectivity index (χ4v) is 4.38. The molecule has 4 aromatic rings. The van der Waals surface area contributed by atoms with Crippen molar-refractivity contribution in [3.63, 3.8) is 0 Å². The molecule has 1 aliphatic rings. The lowest BCUT2D eigenvalue weighted by Gasteiger charge is -2.17.